The summed E-state index contributed by atoms with van der Waals surface area (Å²) in [4.78, 5) is 0. The van der Waals surface area contributed by atoms with Crippen LogP contribution in [0.25, 0.3) is 87.6 Å². The van der Waals surface area contributed by atoms with Crippen molar-refractivity contribution in [1.82, 2.24) is 0 Å². The van der Waals surface area contributed by atoms with Crippen molar-refractivity contribution in [1.29, 1.82) is 0 Å². The molecule has 9 aromatic rings. The molecule has 0 unspecified atom stereocenters. The maximum Gasteiger partial charge on any atom is 0.0159 e. The Hall–Kier alpha value is -5.98. The van der Waals surface area contributed by atoms with Gasteiger partial charge >= 0.3 is 0 Å². The predicted octanol–water partition coefficient (Wildman–Crippen LogP) is 13.6. The first kappa shape index (κ1) is 28.1. The van der Waals surface area contributed by atoms with Crippen molar-refractivity contribution in [3.05, 3.63) is 181 Å². The molecule has 0 saturated carbocycles. The molecule has 1 aliphatic rings. The van der Waals surface area contributed by atoms with Gasteiger partial charge in [0, 0.05) is 5.41 Å². The molecule has 0 heterocycles. The maximum atomic E-state index is 2.54. The minimum absolute atomic E-state index is 0.154. The highest BCUT2D eigenvalue weighted by atomic mass is 14.4. The molecule has 49 heavy (non-hydrogen) atoms. The average molecular weight is 623 g/mol. The SMILES string of the molecule is CC1(C)c2cc(-c3ccccc3)ccc2-c2cc3c(-c4ccc5ccccc5c4)c4ccccc4c(-c4ccc5ccccc5c4)c3cc21. The normalized spacial score (nSPS) is 13.3. The van der Waals surface area contributed by atoms with E-state index in [1.54, 1.807) is 0 Å². The molecule has 0 heteroatoms. The minimum atomic E-state index is -0.154. The van der Waals surface area contributed by atoms with Gasteiger partial charge in [-0.25, -0.2) is 0 Å². The van der Waals surface area contributed by atoms with E-state index in [1.807, 2.05) is 0 Å². The van der Waals surface area contributed by atoms with Crippen LogP contribution >= 0.6 is 0 Å². The van der Waals surface area contributed by atoms with Crippen LogP contribution in [0.4, 0.5) is 0 Å². The fourth-order valence-corrected chi connectivity index (χ4v) is 8.53. The molecular formula is C49H34. The lowest BCUT2D eigenvalue weighted by atomic mass is 9.79. The van der Waals surface area contributed by atoms with E-state index in [0.717, 1.165) is 0 Å². The van der Waals surface area contributed by atoms with E-state index in [1.165, 1.54) is 98.7 Å². The Morgan fingerprint density at radius 2 is 0.796 bits per heavy atom. The Balaban J connectivity index is 1.33. The second-order valence-corrected chi connectivity index (χ2v) is 14.1. The number of benzene rings is 9. The van der Waals surface area contributed by atoms with Crippen LogP contribution in [0.15, 0.2) is 170 Å². The molecule has 0 aromatic heterocycles. The Morgan fingerprint density at radius 1 is 0.306 bits per heavy atom. The van der Waals surface area contributed by atoms with E-state index in [0.29, 0.717) is 0 Å². The highest BCUT2D eigenvalue weighted by Crippen LogP contribution is 2.54. The quantitative estimate of drug-likeness (QED) is 0.172. The molecule has 0 spiro atoms. The number of rotatable bonds is 3. The maximum absolute atomic E-state index is 2.54. The Labute approximate surface area is 286 Å². The molecule has 0 atom stereocenters. The smallest absolute Gasteiger partial charge is 0.0159 e. The van der Waals surface area contributed by atoms with Gasteiger partial charge in [-0.3, -0.25) is 0 Å². The second kappa shape index (κ2) is 10.5. The van der Waals surface area contributed by atoms with E-state index in [2.05, 4.69) is 184 Å². The highest BCUT2D eigenvalue weighted by molar-refractivity contribution is 6.23. The van der Waals surface area contributed by atoms with Crippen molar-refractivity contribution in [3.8, 4) is 44.5 Å². The van der Waals surface area contributed by atoms with Crippen molar-refractivity contribution >= 4 is 43.1 Å². The number of hydrogen-bond acceptors (Lipinski definition) is 0. The predicted molar refractivity (Wildman–Crippen MR) is 210 cm³/mol. The van der Waals surface area contributed by atoms with E-state index < -0.39 is 0 Å². The topological polar surface area (TPSA) is 0 Å². The summed E-state index contributed by atoms with van der Waals surface area (Å²) in [5.41, 5.74) is 12.9. The van der Waals surface area contributed by atoms with Crippen molar-refractivity contribution in [3.63, 3.8) is 0 Å². The lowest BCUT2D eigenvalue weighted by Gasteiger charge is -2.24. The van der Waals surface area contributed by atoms with E-state index in [4.69, 9.17) is 0 Å². The molecule has 10 rings (SSSR count). The zero-order valence-electron chi connectivity index (χ0n) is 27.7. The Bertz CT molecular complexity index is 2780. The van der Waals surface area contributed by atoms with Crippen LogP contribution in [-0.2, 0) is 5.41 Å². The van der Waals surface area contributed by atoms with Crippen molar-refractivity contribution in [2.45, 2.75) is 19.3 Å². The van der Waals surface area contributed by atoms with Gasteiger partial charge in [0.1, 0.15) is 0 Å². The van der Waals surface area contributed by atoms with Gasteiger partial charge in [0.05, 0.1) is 0 Å². The largest absolute Gasteiger partial charge is 0.0622 e. The molecule has 0 nitrogen and oxygen atoms in total. The van der Waals surface area contributed by atoms with Crippen LogP contribution in [0.1, 0.15) is 25.0 Å². The minimum Gasteiger partial charge on any atom is -0.0622 e. The molecule has 0 fully saturated rings. The molecule has 0 bridgehead atoms. The van der Waals surface area contributed by atoms with Gasteiger partial charge in [-0.1, -0.05) is 153 Å². The first-order chi connectivity index (χ1) is 24.0. The molecule has 0 saturated heterocycles. The zero-order chi connectivity index (χ0) is 32.7. The summed E-state index contributed by atoms with van der Waals surface area (Å²) in [6.07, 6.45) is 0. The van der Waals surface area contributed by atoms with Crippen LogP contribution in [0.3, 0.4) is 0 Å². The van der Waals surface area contributed by atoms with Gasteiger partial charge in [-0.15, -0.1) is 0 Å². The Morgan fingerprint density at radius 3 is 1.41 bits per heavy atom. The molecule has 0 N–H and O–H groups in total. The molecule has 1 aliphatic carbocycles. The van der Waals surface area contributed by atoms with Crippen LogP contribution in [-0.4, -0.2) is 0 Å². The summed E-state index contributed by atoms with van der Waals surface area (Å²) < 4.78 is 0. The fraction of sp³-hybridized carbons (Fsp3) is 0.0612. The van der Waals surface area contributed by atoms with Gasteiger partial charge in [-0.2, -0.15) is 0 Å². The highest BCUT2D eigenvalue weighted by Gasteiger charge is 2.36. The van der Waals surface area contributed by atoms with Crippen molar-refractivity contribution in [2.24, 2.45) is 0 Å². The zero-order valence-corrected chi connectivity index (χ0v) is 27.7. The van der Waals surface area contributed by atoms with Crippen molar-refractivity contribution < 1.29 is 0 Å². The third kappa shape index (κ3) is 4.24. The van der Waals surface area contributed by atoms with Gasteiger partial charge in [0.15, 0.2) is 0 Å². The van der Waals surface area contributed by atoms with Gasteiger partial charge in [0.25, 0.3) is 0 Å². The summed E-state index contributed by atoms with van der Waals surface area (Å²) in [5.74, 6) is 0. The third-order valence-corrected chi connectivity index (χ3v) is 11.0. The van der Waals surface area contributed by atoms with E-state index in [-0.39, 0.29) is 5.41 Å². The molecule has 9 aromatic carbocycles. The standard InChI is InChI=1S/C49H34/c1-49(2)45-28-36(31-12-4-3-5-13-31)24-25-39(45)42-29-43-44(30-46(42)49)48(38-23-21-33-15-7-9-17-35(33)27-38)41-19-11-10-18-40(41)47(43)37-22-20-32-14-6-8-16-34(32)26-37/h3-30H,1-2H3. The lowest BCUT2D eigenvalue weighted by molar-refractivity contribution is 0.661. The summed E-state index contributed by atoms with van der Waals surface area (Å²) >= 11 is 0. The third-order valence-electron chi connectivity index (χ3n) is 11.0. The van der Waals surface area contributed by atoms with Crippen LogP contribution in [0.5, 0.6) is 0 Å². The first-order valence-electron chi connectivity index (χ1n) is 17.3. The summed E-state index contributed by atoms with van der Waals surface area (Å²) in [6.45, 7) is 4.80. The second-order valence-electron chi connectivity index (χ2n) is 14.1. The van der Waals surface area contributed by atoms with Gasteiger partial charge < -0.3 is 0 Å². The average Bonchev–Trinajstić information content (AvgIpc) is 3.37. The molecular weight excluding hydrogens is 589 g/mol. The van der Waals surface area contributed by atoms with Gasteiger partial charge in [0.2, 0.25) is 0 Å². The molecule has 0 radical (unpaired) electrons. The fourth-order valence-electron chi connectivity index (χ4n) is 8.53. The van der Waals surface area contributed by atoms with Crippen molar-refractivity contribution in [2.75, 3.05) is 0 Å². The first-order valence-corrected chi connectivity index (χ1v) is 17.3. The molecule has 230 valence electrons. The summed E-state index contributed by atoms with van der Waals surface area (Å²) in [7, 11) is 0. The van der Waals surface area contributed by atoms with Gasteiger partial charge in [-0.05, 0) is 129 Å². The van der Waals surface area contributed by atoms with Crippen LogP contribution in [0, 0.1) is 0 Å². The van der Waals surface area contributed by atoms with E-state index >= 15 is 0 Å². The van der Waals surface area contributed by atoms with E-state index in [9.17, 15) is 0 Å². The molecule has 0 aliphatic heterocycles. The monoisotopic (exact) mass is 622 g/mol. The van der Waals surface area contributed by atoms with Crippen LogP contribution in [0.2, 0.25) is 0 Å². The van der Waals surface area contributed by atoms with Crippen LogP contribution < -0.4 is 0 Å². The lowest BCUT2D eigenvalue weighted by Crippen LogP contribution is -2.15. The molecule has 0 amide bonds. The Kier molecular flexibility index (Phi) is 6.02. The number of fused-ring (bicyclic) bond motifs is 7. The summed E-state index contributed by atoms with van der Waals surface area (Å²) in [6, 6.07) is 63.3. The summed E-state index contributed by atoms with van der Waals surface area (Å²) in [5, 5.41) is 10.2. The number of hydrogen-bond donors (Lipinski definition) is 0.